The van der Waals surface area contributed by atoms with Gasteiger partial charge in [-0.3, -0.25) is 4.79 Å². The van der Waals surface area contributed by atoms with Gasteiger partial charge in [0.15, 0.2) is 0 Å². The lowest BCUT2D eigenvalue weighted by Gasteiger charge is -2.32. The molecule has 23 heavy (non-hydrogen) atoms. The average Bonchev–Trinajstić information content (AvgIpc) is 2.61. The van der Waals surface area contributed by atoms with E-state index in [9.17, 15) is 4.79 Å². The van der Waals surface area contributed by atoms with E-state index < -0.39 is 0 Å². The molecule has 0 unspecified atom stereocenters. The number of nitrogens with zero attached hydrogens (tertiary/aromatic N) is 1. The monoisotopic (exact) mass is 320 g/mol. The topological polar surface area (TPSA) is 50.8 Å². The van der Waals surface area contributed by atoms with E-state index in [1.54, 1.807) is 7.11 Å². The van der Waals surface area contributed by atoms with Crippen molar-refractivity contribution < 1.29 is 14.3 Å². The maximum Gasteiger partial charge on any atom is 0.225 e. The standard InChI is InChI=1S/C18H28N2O3/c1-19-11-7-15-8-12-20(13-9-15)18(21)10-14-23-17-5-3-16(22-2)4-6-17/h3-6,15,19H,7-14H2,1-2H3. The van der Waals surface area contributed by atoms with Gasteiger partial charge in [-0.15, -0.1) is 0 Å². The fourth-order valence-corrected chi connectivity index (χ4v) is 2.91. The Morgan fingerprint density at radius 3 is 2.48 bits per heavy atom. The van der Waals surface area contributed by atoms with Gasteiger partial charge in [-0.1, -0.05) is 0 Å². The van der Waals surface area contributed by atoms with E-state index in [1.807, 2.05) is 36.2 Å². The number of benzene rings is 1. The number of likely N-dealkylation sites (tertiary alicyclic amines) is 1. The summed E-state index contributed by atoms with van der Waals surface area (Å²) in [6, 6.07) is 7.42. The molecule has 0 radical (unpaired) electrons. The van der Waals surface area contributed by atoms with Crippen LogP contribution < -0.4 is 14.8 Å². The first kappa shape index (κ1) is 17.6. The fraction of sp³-hybridized carbons (Fsp3) is 0.611. The van der Waals surface area contributed by atoms with Crippen LogP contribution >= 0.6 is 0 Å². The van der Waals surface area contributed by atoms with Crippen molar-refractivity contribution in [1.29, 1.82) is 0 Å². The number of amides is 1. The highest BCUT2D eigenvalue weighted by molar-refractivity contribution is 5.76. The minimum Gasteiger partial charge on any atom is -0.497 e. The molecule has 0 aromatic heterocycles. The van der Waals surface area contributed by atoms with E-state index in [1.165, 1.54) is 6.42 Å². The number of piperidine rings is 1. The minimum atomic E-state index is 0.200. The Balaban J connectivity index is 1.65. The van der Waals surface area contributed by atoms with Gasteiger partial charge in [0.2, 0.25) is 5.91 Å². The van der Waals surface area contributed by atoms with Gasteiger partial charge < -0.3 is 19.7 Å². The number of hydrogen-bond donors (Lipinski definition) is 1. The Labute approximate surface area is 139 Å². The third kappa shape index (κ3) is 5.75. The molecule has 1 saturated heterocycles. The zero-order valence-corrected chi connectivity index (χ0v) is 14.2. The molecule has 5 heteroatoms. The zero-order valence-electron chi connectivity index (χ0n) is 14.2. The molecule has 0 aliphatic carbocycles. The number of nitrogens with one attached hydrogen (secondary N) is 1. The number of rotatable bonds is 8. The fourth-order valence-electron chi connectivity index (χ4n) is 2.91. The van der Waals surface area contributed by atoms with Crippen LogP contribution in [0, 0.1) is 5.92 Å². The molecule has 0 bridgehead atoms. The van der Waals surface area contributed by atoms with Crippen LogP contribution in [0.3, 0.4) is 0 Å². The van der Waals surface area contributed by atoms with Crippen LogP contribution in [0.25, 0.3) is 0 Å². The van der Waals surface area contributed by atoms with Crippen molar-refractivity contribution in [2.45, 2.75) is 25.7 Å². The second-order valence-electron chi connectivity index (χ2n) is 5.99. The summed E-state index contributed by atoms with van der Waals surface area (Å²) in [7, 11) is 3.62. The number of carbonyl (C=O) groups is 1. The second-order valence-corrected chi connectivity index (χ2v) is 5.99. The molecule has 1 heterocycles. The molecule has 0 atom stereocenters. The van der Waals surface area contributed by atoms with Crippen LogP contribution in [0.4, 0.5) is 0 Å². The second kappa shape index (κ2) is 9.40. The van der Waals surface area contributed by atoms with Gasteiger partial charge in [-0.25, -0.2) is 0 Å². The third-order valence-corrected chi connectivity index (χ3v) is 4.41. The Hall–Kier alpha value is -1.75. The molecular formula is C18H28N2O3. The van der Waals surface area contributed by atoms with Crippen molar-refractivity contribution in [2.75, 3.05) is 40.4 Å². The molecule has 1 aromatic carbocycles. The molecule has 5 nitrogen and oxygen atoms in total. The lowest BCUT2D eigenvalue weighted by Crippen LogP contribution is -2.39. The number of hydrogen-bond acceptors (Lipinski definition) is 4. The molecule has 2 rings (SSSR count). The smallest absolute Gasteiger partial charge is 0.225 e. The number of methoxy groups -OCH3 is 1. The normalized spacial score (nSPS) is 15.5. The van der Waals surface area contributed by atoms with Crippen molar-refractivity contribution in [3.05, 3.63) is 24.3 Å². The van der Waals surface area contributed by atoms with E-state index in [0.717, 1.165) is 49.9 Å². The molecule has 1 aliphatic rings. The zero-order chi connectivity index (χ0) is 16.5. The van der Waals surface area contributed by atoms with Crippen LogP contribution in [0.5, 0.6) is 11.5 Å². The van der Waals surface area contributed by atoms with Gasteiger partial charge in [0.1, 0.15) is 11.5 Å². The van der Waals surface area contributed by atoms with Gasteiger partial charge in [-0.2, -0.15) is 0 Å². The van der Waals surface area contributed by atoms with Crippen LogP contribution in [0.2, 0.25) is 0 Å². The van der Waals surface area contributed by atoms with Gasteiger partial charge in [-0.05, 0) is 63.0 Å². The Morgan fingerprint density at radius 1 is 1.22 bits per heavy atom. The van der Waals surface area contributed by atoms with Crippen LogP contribution in [0.1, 0.15) is 25.7 Å². The summed E-state index contributed by atoms with van der Waals surface area (Å²) in [4.78, 5) is 14.2. The first-order valence-electron chi connectivity index (χ1n) is 8.42. The highest BCUT2D eigenvalue weighted by atomic mass is 16.5. The molecular weight excluding hydrogens is 292 g/mol. The third-order valence-electron chi connectivity index (χ3n) is 4.41. The van der Waals surface area contributed by atoms with Crippen LogP contribution in [-0.4, -0.2) is 51.2 Å². The molecule has 128 valence electrons. The quantitative estimate of drug-likeness (QED) is 0.798. The molecule has 1 aromatic rings. The minimum absolute atomic E-state index is 0.200. The summed E-state index contributed by atoms with van der Waals surface area (Å²) >= 11 is 0. The Kier molecular flexibility index (Phi) is 7.20. The first-order chi connectivity index (χ1) is 11.2. The lowest BCUT2D eigenvalue weighted by molar-refractivity contribution is -0.133. The SMILES string of the molecule is CNCCC1CCN(C(=O)CCOc2ccc(OC)cc2)CC1. The number of ether oxygens (including phenoxy) is 2. The summed E-state index contributed by atoms with van der Waals surface area (Å²) in [6.07, 6.45) is 3.88. The van der Waals surface area contributed by atoms with Crippen LogP contribution in [-0.2, 0) is 4.79 Å². The average molecular weight is 320 g/mol. The summed E-state index contributed by atoms with van der Waals surface area (Å²) in [5, 5.41) is 3.19. The summed E-state index contributed by atoms with van der Waals surface area (Å²) in [5.74, 6) is 2.52. The molecule has 1 N–H and O–H groups in total. The van der Waals surface area contributed by atoms with E-state index in [2.05, 4.69) is 5.32 Å². The van der Waals surface area contributed by atoms with E-state index in [-0.39, 0.29) is 5.91 Å². The lowest BCUT2D eigenvalue weighted by atomic mass is 9.93. The van der Waals surface area contributed by atoms with Crippen molar-refractivity contribution in [1.82, 2.24) is 10.2 Å². The molecule has 0 saturated carbocycles. The maximum absolute atomic E-state index is 12.2. The summed E-state index contributed by atoms with van der Waals surface area (Å²) < 4.78 is 10.7. The highest BCUT2D eigenvalue weighted by Crippen LogP contribution is 2.21. The van der Waals surface area contributed by atoms with Gasteiger partial charge in [0, 0.05) is 13.1 Å². The Morgan fingerprint density at radius 2 is 1.87 bits per heavy atom. The van der Waals surface area contributed by atoms with E-state index in [4.69, 9.17) is 9.47 Å². The van der Waals surface area contributed by atoms with Crippen LogP contribution in [0.15, 0.2) is 24.3 Å². The van der Waals surface area contributed by atoms with Crippen molar-refractivity contribution in [3.63, 3.8) is 0 Å². The molecule has 1 aliphatic heterocycles. The van der Waals surface area contributed by atoms with E-state index >= 15 is 0 Å². The summed E-state index contributed by atoms with van der Waals surface area (Å²) in [5.41, 5.74) is 0. The largest absolute Gasteiger partial charge is 0.497 e. The van der Waals surface area contributed by atoms with Crippen molar-refractivity contribution >= 4 is 5.91 Å². The first-order valence-corrected chi connectivity index (χ1v) is 8.42. The summed E-state index contributed by atoms with van der Waals surface area (Å²) in [6.45, 7) is 3.25. The van der Waals surface area contributed by atoms with Gasteiger partial charge >= 0.3 is 0 Å². The molecule has 1 fully saturated rings. The predicted molar refractivity (Wildman–Crippen MR) is 91.0 cm³/mol. The highest BCUT2D eigenvalue weighted by Gasteiger charge is 2.22. The van der Waals surface area contributed by atoms with E-state index in [0.29, 0.717) is 13.0 Å². The molecule has 0 spiro atoms. The Bertz CT molecular complexity index is 468. The predicted octanol–water partition coefficient (Wildman–Crippen LogP) is 2.31. The van der Waals surface area contributed by atoms with Crippen molar-refractivity contribution in [2.24, 2.45) is 5.92 Å². The van der Waals surface area contributed by atoms with Crippen molar-refractivity contribution in [3.8, 4) is 11.5 Å². The van der Waals surface area contributed by atoms with Gasteiger partial charge in [0.05, 0.1) is 20.1 Å². The number of carbonyl (C=O) groups excluding carboxylic acids is 1. The molecule has 1 amide bonds. The maximum atomic E-state index is 12.2. The van der Waals surface area contributed by atoms with Gasteiger partial charge in [0.25, 0.3) is 0 Å².